The highest BCUT2D eigenvalue weighted by molar-refractivity contribution is 5.14. The van der Waals surface area contributed by atoms with E-state index >= 15 is 0 Å². The summed E-state index contributed by atoms with van der Waals surface area (Å²) in [5.41, 5.74) is 1.49. The number of nitrogens with two attached hydrogens (primary N) is 1. The number of benzene rings is 1. The van der Waals surface area contributed by atoms with Crippen LogP contribution in [0.5, 0.6) is 0 Å². The van der Waals surface area contributed by atoms with Crippen molar-refractivity contribution in [1.82, 2.24) is 0 Å². The molecule has 1 rings (SSSR count). The van der Waals surface area contributed by atoms with Crippen molar-refractivity contribution in [2.75, 3.05) is 13.1 Å². The molecule has 0 saturated heterocycles. The number of hydrogen-bond acceptors (Lipinski definition) is 2. The summed E-state index contributed by atoms with van der Waals surface area (Å²) in [6.07, 6.45) is 29.6. The maximum atomic E-state index is 8.78. The zero-order valence-electron chi connectivity index (χ0n) is 22.8. The Hall–Kier alpha value is -0.610. The first-order valence-corrected chi connectivity index (χ1v) is 15.0. The molecule has 0 aliphatic carbocycles. The highest BCUT2D eigenvalue weighted by Crippen LogP contribution is 2.15. The summed E-state index contributed by atoms with van der Waals surface area (Å²) in [6, 6.07) is 10.9. The molecule has 0 fully saturated rings. The van der Waals surface area contributed by atoms with Gasteiger partial charge in [-0.15, -0.1) is 0 Å². The van der Waals surface area contributed by atoms with E-state index < -0.39 is 6.29 Å². The number of hydrogen-bond donors (Lipinski definition) is 3. The summed E-state index contributed by atoms with van der Waals surface area (Å²) < 4.78 is 0. The number of aliphatic hydroxyl groups is 2. The second-order valence-corrected chi connectivity index (χ2v) is 10.5. The second kappa shape index (κ2) is 28.0. The van der Waals surface area contributed by atoms with Gasteiger partial charge in [0, 0.05) is 0 Å². The van der Waals surface area contributed by atoms with Crippen LogP contribution in [0.4, 0.5) is 0 Å². The molecule has 0 aliphatic heterocycles. The number of rotatable bonds is 26. The predicted octanol–water partition coefficient (Wildman–Crippen LogP) is 4.30. The van der Waals surface area contributed by atoms with Gasteiger partial charge in [0.05, 0.1) is 6.54 Å². The van der Waals surface area contributed by atoms with Gasteiger partial charge in [-0.1, -0.05) is 146 Å². The van der Waals surface area contributed by atoms with Gasteiger partial charge in [0.1, 0.15) is 6.54 Å². The van der Waals surface area contributed by atoms with Gasteiger partial charge in [0.15, 0.2) is 0 Å². The summed E-state index contributed by atoms with van der Waals surface area (Å²) in [5, 5.41) is 19.6. The molecule has 206 valence electrons. The van der Waals surface area contributed by atoms with E-state index in [2.05, 4.69) is 30.3 Å². The van der Waals surface area contributed by atoms with Crippen molar-refractivity contribution in [2.24, 2.45) is 0 Å². The van der Waals surface area contributed by atoms with Crippen molar-refractivity contribution < 1.29 is 27.9 Å². The third-order valence-corrected chi connectivity index (χ3v) is 7.09. The normalized spacial score (nSPS) is 11.2. The van der Waals surface area contributed by atoms with Crippen LogP contribution in [-0.4, -0.2) is 29.6 Å². The third-order valence-electron chi connectivity index (χ3n) is 7.09. The van der Waals surface area contributed by atoms with Crippen molar-refractivity contribution in [3.8, 4) is 0 Å². The highest BCUT2D eigenvalue weighted by atomic mass is 35.5. The number of quaternary nitrogens is 1. The Morgan fingerprint density at radius 3 is 1.20 bits per heavy atom. The van der Waals surface area contributed by atoms with Gasteiger partial charge >= 0.3 is 0 Å². The molecule has 35 heavy (non-hydrogen) atoms. The van der Waals surface area contributed by atoms with Crippen LogP contribution in [0, 0.1) is 0 Å². The van der Waals surface area contributed by atoms with E-state index in [1.54, 1.807) is 0 Å². The van der Waals surface area contributed by atoms with E-state index in [0.29, 0.717) is 6.54 Å². The minimum atomic E-state index is -1.16. The molecule has 3 nitrogen and oxygen atoms in total. The van der Waals surface area contributed by atoms with Crippen molar-refractivity contribution in [3.05, 3.63) is 35.9 Å². The van der Waals surface area contributed by atoms with Crippen molar-refractivity contribution in [3.63, 3.8) is 0 Å². The van der Waals surface area contributed by atoms with Crippen molar-refractivity contribution in [2.45, 2.75) is 148 Å². The molecular formula is C31H58ClNO2. The molecule has 1 aromatic rings. The zero-order valence-corrected chi connectivity index (χ0v) is 23.5. The molecule has 0 radical (unpaired) electrons. The molecule has 0 amide bonds. The molecule has 1 aromatic carbocycles. The molecule has 0 bridgehead atoms. The summed E-state index contributed by atoms with van der Waals surface area (Å²) in [6.45, 7) is 1.43. The molecule has 0 atom stereocenters. The first-order valence-electron chi connectivity index (χ1n) is 15.0. The molecule has 0 saturated carbocycles. The maximum Gasteiger partial charge on any atom is 0.202 e. The lowest BCUT2D eigenvalue weighted by atomic mass is 10.0. The average molecular weight is 512 g/mol. The minimum absolute atomic E-state index is 0. The topological polar surface area (TPSA) is 57.1 Å². The van der Waals surface area contributed by atoms with Crippen LogP contribution in [0.15, 0.2) is 30.3 Å². The number of halogens is 1. The predicted molar refractivity (Wildman–Crippen MR) is 147 cm³/mol. The van der Waals surface area contributed by atoms with Crippen molar-refractivity contribution in [1.29, 1.82) is 0 Å². The summed E-state index contributed by atoms with van der Waals surface area (Å²) >= 11 is 0. The molecule has 0 unspecified atom stereocenters. The Labute approximate surface area is 224 Å². The second-order valence-electron chi connectivity index (χ2n) is 10.5. The lowest BCUT2D eigenvalue weighted by molar-refractivity contribution is -0.667. The van der Waals surface area contributed by atoms with Crippen molar-refractivity contribution >= 4 is 0 Å². The van der Waals surface area contributed by atoms with E-state index in [4.69, 9.17) is 10.2 Å². The van der Waals surface area contributed by atoms with Crippen LogP contribution < -0.4 is 17.7 Å². The van der Waals surface area contributed by atoms with E-state index in [9.17, 15) is 0 Å². The Morgan fingerprint density at radius 1 is 0.486 bits per heavy atom. The monoisotopic (exact) mass is 511 g/mol. The fourth-order valence-corrected chi connectivity index (χ4v) is 4.89. The molecule has 4 N–H and O–H groups in total. The van der Waals surface area contributed by atoms with Crippen LogP contribution in [-0.2, 0) is 6.42 Å². The first-order chi connectivity index (χ1) is 16.8. The largest absolute Gasteiger partial charge is 1.00 e. The molecule has 0 heterocycles. The quantitative estimate of drug-likeness (QED) is 0.128. The standard InChI is InChI=1S/C31H57NO2.ClH/c33-31(34)29-32-28-24-19-17-15-13-11-9-7-5-3-1-2-4-6-8-10-12-14-16-18-21-25-30-26-22-20-23-27-30;/h20,22-23,26-27,31-34H,1-19,21,24-25,28-29H2;1H. The van der Waals surface area contributed by atoms with Crippen LogP contribution in [0.1, 0.15) is 140 Å². The van der Waals surface area contributed by atoms with Gasteiger partial charge in [-0.05, 0) is 31.2 Å². The van der Waals surface area contributed by atoms with Crippen LogP contribution in [0.25, 0.3) is 0 Å². The molecule has 0 aliphatic rings. The Kier molecular flexibility index (Phi) is 27.5. The fourth-order valence-electron chi connectivity index (χ4n) is 4.89. The summed E-state index contributed by atoms with van der Waals surface area (Å²) in [7, 11) is 0. The summed E-state index contributed by atoms with van der Waals surface area (Å²) in [4.78, 5) is 0. The average Bonchev–Trinajstić information content (AvgIpc) is 2.84. The first kappa shape index (κ1) is 34.4. The highest BCUT2D eigenvalue weighted by Gasteiger charge is 1.99. The Balaban J connectivity index is 0.0000116. The van der Waals surface area contributed by atoms with E-state index in [1.165, 1.54) is 147 Å². The third kappa shape index (κ3) is 26.3. The lowest BCUT2D eigenvalue weighted by Gasteiger charge is -2.05. The van der Waals surface area contributed by atoms with E-state index in [1.807, 2.05) is 5.32 Å². The van der Waals surface area contributed by atoms with E-state index in [-0.39, 0.29) is 12.4 Å². The van der Waals surface area contributed by atoms with Crippen LogP contribution in [0.3, 0.4) is 0 Å². The van der Waals surface area contributed by atoms with Gasteiger partial charge in [0.25, 0.3) is 0 Å². The molecular weight excluding hydrogens is 454 g/mol. The lowest BCUT2D eigenvalue weighted by Crippen LogP contribution is -3.00. The van der Waals surface area contributed by atoms with E-state index in [0.717, 1.165) is 6.54 Å². The number of aryl methyl sites for hydroxylation is 1. The minimum Gasteiger partial charge on any atom is -1.00 e. The molecule has 0 aromatic heterocycles. The Bertz CT molecular complexity index is 512. The van der Waals surface area contributed by atoms with Gasteiger partial charge < -0.3 is 27.9 Å². The maximum absolute atomic E-state index is 8.78. The smallest absolute Gasteiger partial charge is 0.202 e. The fraction of sp³-hybridized carbons (Fsp3) is 0.806. The number of aliphatic hydroxyl groups excluding tert-OH is 1. The SMILES string of the molecule is OC(O)C[NH2+]CCCCCCCCCCCCCCCCCCCCCCCc1ccccc1.[Cl-]. The number of unbranched alkanes of at least 4 members (excludes halogenated alkanes) is 20. The van der Waals surface area contributed by atoms with Crippen LogP contribution >= 0.6 is 0 Å². The Morgan fingerprint density at radius 2 is 0.829 bits per heavy atom. The van der Waals surface area contributed by atoms with Gasteiger partial charge in [-0.3, -0.25) is 0 Å². The molecule has 4 heteroatoms. The van der Waals surface area contributed by atoms with Gasteiger partial charge in [-0.25, -0.2) is 0 Å². The van der Waals surface area contributed by atoms with Gasteiger partial charge in [-0.2, -0.15) is 0 Å². The zero-order chi connectivity index (χ0) is 24.4. The van der Waals surface area contributed by atoms with Gasteiger partial charge in [0.2, 0.25) is 6.29 Å². The van der Waals surface area contributed by atoms with Crippen LogP contribution in [0.2, 0.25) is 0 Å². The molecule has 0 spiro atoms. The summed E-state index contributed by atoms with van der Waals surface area (Å²) in [5.74, 6) is 0.